The highest BCUT2D eigenvalue weighted by atomic mass is 16.3. The molecule has 1 heteroatoms. The number of hydrogen-bond acceptors (Lipinski definition) is 1. The molecule has 0 radical (unpaired) electrons. The molecule has 80 valence electrons. The number of benzene rings is 1. The van der Waals surface area contributed by atoms with Crippen molar-refractivity contribution >= 4 is 0 Å². The average molecular weight is 202 g/mol. The van der Waals surface area contributed by atoms with Crippen molar-refractivity contribution in [2.45, 2.75) is 32.6 Å². The molecule has 1 N–H and O–H groups in total. The highest BCUT2D eigenvalue weighted by Crippen LogP contribution is 2.68. The minimum Gasteiger partial charge on any atom is -0.508 e. The van der Waals surface area contributed by atoms with Crippen molar-refractivity contribution in [2.24, 2.45) is 17.3 Å². The maximum Gasteiger partial charge on any atom is 0.119 e. The molecule has 0 bridgehead atoms. The lowest BCUT2D eigenvalue weighted by atomic mass is 9.84. The quantitative estimate of drug-likeness (QED) is 0.738. The Hall–Kier alpha value is -0.980. The van der Waals surface area contributed by atoms with Gasteiger partial charge in [0, 0.05) is 0 Å². The second-order valence-corrected chi connectivity index (χ2v) is 5.98. The van der Waals surface area contributed by atoms with E-state index in [9.17, 15) is 5.11 Å². The normalized spacial score (nSPS) is 36.3. The number of para-hydroxylation sites is 1. The van der Waals surface area contributed by atoms with E-state index in [2.05, 4.69) is 19.9 Å². The van der Waals surface area contributed by atoms with Crippen LogP contribution in [0, 0.1) is 17.3 Å². The van der Waals surface area contributed by atoms with E-state index in [0.29, 0.717) is 17.1 Å². The van der Waals surface area contributed by atoms with E-state index in [1.165, 1.54) is 18.4 Å². The van der Waals surface area contributed by atoms with Crippen LogP contribution in [0.2, 0.25) is 0 Å². The Bertz CT molecular complexity index is 380. The Morgan fingerprint density at radius 2 is 1.73 bits per heavy atom. The molecular weight excluding hydrogens is 184 g/mol. The number of hydrogen-bond donors (Lipinski definition) is 1. The van der Waals surface area contributed by atoms with Crippen LogP contribution in [-0.4, -0.2) is 5.11 Å². The van der Waals surface area contributed by atoms with Crippen LogP contribution in [-0.2, 0) is 0 Å². The molecule has 0 saturated heterocycles. The van der Waals surface area contributed by atoms with Crippen molar-refractivity contribution in [3.63, 3.8) is 0 Å². The minimum atomic E-state index is 0.495. The monoisotopic (exact) mass is 202 g/mol. The minimum absolute atomic E-state index is 0.495. The van der Waals surface area contributed by atoms with Crippen molar-refractivity contribution < 1.29 is 5.11 Å². The highest BCUT2D eigenvalue weighted by molar-refractivity contribution is 5.40. The largest absolute Gasteiger partial charge is 0.508 e. The second kappa shape index (κ2) is 2.78. The maximum absolute atomic E-state index is 9.81. The summed E-state index contributed by atoms with van der Waals surface area (Å²) in [7, 11) is 0. The zero-order valence-corrected chi connectivity index (χ0v) is 9.40. The first-order valence-corrected chi connectivity index (χ1v) is 5.86. The summed E-state index contributed by atoms with van der Waals surface area (Å²) in [5.74, 6) is 2.83. The van der Waals surface area contributed by atoms with E-state index >= 15 is 0 Å². The van der Waals surface area contributed by atoms with Crippen molar-refractivity contribution in [2.75, 3.05) is 0 Å². The number of phenols is 1. The predicted octanol–water partition coefficient (Wildman–Crippen LogP) is 3.54. The predicted molar refractivity (Wildman–Crippen MR) is 60.8 cm³/mol. The van der Waals surface area contributed by atoms with E-state index in [0.717, 1.165) is 11.8 Å². The van der Waals surface area contributed by atoms with E-state index in [1.807, 2.05) is 18.2 Å². The van der Waals surface area contributed by atoms with E-state index in [1.54, 1.807) is 0 Å². The molecule has 2 saturated carbocycles. The summed E-state index contributed by atoms with van der Waals surface area (Å²) in [5, 5.41) is 9.81. The van der Waals surface area contributed by atoms with E-state index in [4.69, 9.17) is 0 Å². The Kier molecular flexibility index (Phi) is 1.72. The Morgan fingerprint density at radius 3 is 2.33 bits per heavy atom. The summed E-state index contributed by atoms with van der Waals surface area (Å²) in [4.78, 5) is 0. The van der Waals surface area contributed by atoms with Gasteiger partial charge in [0.05, 0.1) is 0 Å². The van der Waals surface area contributed by atoms with Crippen LogP contribution in [0.3, 0.4) is 0 Å². The molecule has 2 fully saturated rings. The van der Waals surface area contributed by atoms with Crippen LogP contribution in [0.25, 0.3) is 0 Å². The summed E-state index contributed by atoms with van der Waals surface area (Å²) in [6.07, 6.45) is 2.66. The van der Waals surface area contributed by atoms with Gasteiger partial charge in [0.2, 0.25) is 0 Å². The summed E-state index contributed by atoms with van der Waals surface area (Å²) >= 11 is 0. The maximum atomic E-state index is 9.81. The first-order valence-electron chi connectivity index (χ1n) is 5.86. The molecular formula is C14H18O. The van der Waals surface area contributed by atoms with Crippen molar-refractivity contribution in [3.8, 4) is 5.75 Å². The molecule has 1 aromatic carbocycles. The Morgan fingerprint density at radius 1 is 1.13 bits per heavy atom. The van der Waals surface area contributed by atoms with Crippen LogP contribution in [0.4, 0.5) is 0 Å². The number of aromatic hydroxyl groups is 1. The number of fused-ring (bicyclic) bond motifs is 1. The van der Waals surface area contributed by atoms with Crippen LogP contribution in [0.5, 0.6) is 5.75 Å². The molecule has 2 aliphatic rings. The van der Waals surface area contributed by atoms with Gasteiger partial charge in [-0.1, -0.05) is 32.0 Å². The molecule has 0 aliphatic heterocycles. The molecule has 1 nitrogen and oxygen atoms in total. The number of rotatable bonds is 1. The van der Waals surface area contributed by atoms with Gasteiger partial charge in [0.1, 0.15) is 5.75 Å². The molecule has 0 spiro atoms. The van der Waals surface area contributed by atoms with Gasteiger partial charge < -0.3 is 5.11 Å². The Balaban J connectivity index is 1.82. The second-order valence-electron chi connectivity index (χ2n) is 5.98. The fourth-order valence-corrected chi connectivity index (χ4v) is 3.59. The van der Waals surface area contributed by atoms with Crippen molar-refractivity contribution in [1.82, 2.24) is 0 Å². The molecule has 1 unspecified atom stereocenters. The Labute approximate surface area is 91.1 Å². The summed E-state index contributed by atoms with van der Waals surface area (Å²) in [5.41, 5.74) is 1.72. The van der Waals surface area contributed by atoms with Gasteiger partial charge >= 0.3 is 0 Å². The molecule has 3 atom stereocenters. The van der Waals surface area contributed by atoms with Gasteiger partial charge in [-0.05, 0) is 47.6 Å². The van der Waals surface area contributed by atoms with Crippen LogP contribution >= 0.6 is 0 Å². The molecule has 1 aromatic rings. The third-order valence-corrected chi connectivity index (χ3v) is 4.20. The fourth-order valence-electron chi connectivity index (χ4n) is 3.59. The lowest BCUT2D eigenvalue weighted by Gasteiger charge is -2.21. The lowest BCUT2D eigenvalue weighted by Crippen LogP contribution is -2.09. The van der Waals surface area contributed by atoms with Gasteiger partial charge in [0.25, 0.3) is 0 Å². The van der Waals surface area contributed by atoms with Gasteiger partial charge in [-0.3, -0.25) is 0 Å². The van der Waals surface area contributed by atoms with E-state index < -0.39 is 0 Å². The highest BCUT2D eigenvalue weighted by Gasteiger charge is 2.59. The van der Waals surface area contributed by atoms with Crippen molar-refractivity contribution in [1.29, 1.82) is 0 Å². The van der Waals surface area contributed by atoms with Crippen LogP contribution < -0.4 is 0 Å². The summed E-state index contributed by atoms with van der Waals surface area (Å²) in [6, 6.07) is 7.84. The molecule has 2 aliphatic carbocycles. The standard InChI is InChI=1S/C14H18O/c1-14(2)7-10-11(8-14)13(10)9-5-3-4-6-12(9)15/h3-6,10-11,13,15H,7-8H2,1-2H3/t10-,11+,13?. The summed E-state index contributed by atoms with van der Waals surface area (Å²) < 4.78 is 0. The van der Waals surface area contributed by atoms with Gasteiger partial charge in [0.15, 0.2) is 0 Å². The molecule has 0 amide bonds. The average Bonchev–Trinajstić information content (AvgIpc) is 2.67. The van der Waals surface area contributed by atoms with Crippen LogP contribution in [0.1, 0.15) is 38.2 Å². The third kappa shape index (κ3) is 1.37. The molecule has 0 aromatic heterocycles. The first-order chi connectivity index (χ1) is 7.08. The molecule has 15 heavy (non-hydrogen) atoms. The lowest BCUT2D eigenvalue weighted by molar-refractivity contribution is 0.327. The first kappa shape index (κ1) is 9.26. The third-order valence-electron chi connectivity index (χ3n) is 4.20. The fraction of sp³-hybridized carbons (Fsp3) is 0.571. The van der Waals surface area contributed by atoms with Gasteiger partial charge in [-0.2, -0.15) is 0 Å². The SMILES string of the molecule is CC1(C)C[C@@H]2C(c3ccccc3O)[C@@H]2C1. The van der Waals surface area contributed by atoms with E-state index in [-0.39, 0.29) is 0 Å². The van der Waals surface area contributed by atoms with Crippen molar-refractivity contribution in [3.05, 3.63) is 29.8 Å². The van der Waals surface area contributed by atoms with Crippen LogP contribution in [0.15, 0.2) is 24.3 Å². The number of phenolic OH excluding ortho intramolecular Hbond substituents is 1. The zero-order chi connectivity index (χ0) is 10.6. The topological polar surface area (TPSA) is 20.2 Å². The summed E-state index contributed by atoms with van der Waals surface area (Å²) in [6.45, 7) is 4.72. The zero-order valence-electron chi connectivity index (χ0n) is 9.40. The van der Waals surface area contributed by atoms with Gasteiger partial charge in [-0.25, -0.2) is 0 Å². The van der Waals surface area contributed by atoms with Gasteiger partial charge in [-0.15, -0.1) is 0 Å². The molecule has 3 rings (SSSR count). The smallest absolute Gasteiger partial charge is 0.119 e. The molecule has 0 heterocycles.